The fraction of sp³-hybridized carbons (Fsp3) is 0.250. The number of Topliss-reactive ketones (excluding diaryl/α,β-unsaturated/α-hetero) is 1. The first-order valence-corrected chi connectivity index (χ1v) is 6.76. The van der Waals surface area contributed by atoms with Crippen LogP contribution >= 0.6 is 0 Å². The topological polar surface area (TPSA) is 39.2 Å². The molecule has 1 aromatic heterocycles. The zero-order valence-electron chi connectivity index (χ0n) is 12.5. The molecule has 0 bridgehead atoms. The van der Waals surface area contributed by atoms with Gasteiger partial charge < -0.3 is 4.74 Å². The third-order valence-corrected chi connectivity index (χ3v) is 3.18. The number of halogens is 5. The fourth-order valence-electron chi connectivity index (χ4n) is 2.12. The molecule has 0 saturated carbocycles. The van der Waals surface area contributed by atoms with Gasteiger partial charge in [-0.3, -0.25) is 9.78 Å². The highest BCUT2D eigenvalue weighted by molar-refractivity contribution is 5.83. The average Bonchev–Trinajstić information content (AvgIpc) is 2.46. The van der Waals surface area contributed by atoms with E-state index in [9.17, 15) is 26.7 Å². The van der Waals surface area contributed by atoms with Crippen LogP contribution in [0.25, 0.3) is 0 Å². The Hall–Kier alpha value is -2.51. The van der Waals surface area contributed by atoms with Crippen LogP contribution in [-0.2, 0) is 23.8 Å². The second-order valence-corrected chi connectivity index (χ2v) is 5.03. The Bertz CT molecular complexity index is 718. The van der Waals surface area contributed by atoms with E-state index in [0.717, 1.165) is 37.6 Å². The third-order valence-electron chi connectivity index (χ3n) is 3.18. The van der Waals surface area contributed by atoms with Crippen molar-refractivity contribution in [1.82, 2.24) is 4.98 Å². The number of methoxy groups -OCH3 is 1. The minimum atomic E-state index is -4.55. The van der Waals surface area contributed by atoms with E-state index in [1.807, 2.05) is 0 Å². The molecule has 0 saturated heterocycles. The van der Waals surface area contributed by atoms with Crippen molar-refractivity contribution >= 4 is 5.78 Å². The van der Waals surface area contributed by atoms with Crippen molar-refractivity contribution in [2.75, 3.05) is 7.11 Å². The zero-order valence-corrected chi connectivity index (χ0v) is 12.5. The lowest BCUT2D eigenvalue weighted by Gasteiger charge is -2.08. The molecule has 0 N–H and O–H groups in total. The van der Waals surface area contributed by atoms with Gasteiger partial charge in [0, 0.05) is 19.0 Å². The number of benzene rings is 1. The molecule has 2 aromatic rings. The van der Waals surface area contributed by atoms with Crippen LogP contribution in [0.5, 0.6) is 5.75 Å². The summed E-state index contributed by atoms with van der Waals surface area (Å²) in [7, 11) is 1.12. The number of rotatable bonds is 5. The largest absolute Gasteiger partial charge is 0.491 e. The summed E-state index contributed by atoms with van der Waals surface area (Å²) in [6.45, 7) is 0. The molecule has 0 spiro atoms. The van der Waals surface area contributed by atoms with Gasteiger partial charge in [0.15, 0.2) is 17.4 Å². The Morgan fingerprint density at radius 3 is 2.12 bits per heavy atom. The summed E-state index contributed by atoms with van der Waals surface area (Å²) < 4.78 is 68.8. The molecule has 0 atom stereocenters. The molecule has 24 heavy (non-hydrogen) atoms. The van der Waals surface area contributed by atoms with Gasteiger partial charge in [-0.05, 0) is 29.3 Å². The number of pyridine rings is 1. The predicted octanol–water partition coefficient (Wildman–Crippen LogP) is 3.74. The van der Waals surface area contributed by atoms with Crippen LogP contribution in [0.3, 0.4) is 0 Å². The smallest absolute Gasteiger partial charge is 0.433 e. The van der Waals surface area contributed by atoms with Crippen LogP contribution in [0.15, 0.2) is 30.5 Å². The molecule has 0 aliphatic rings. The van der Waals surface area contributed by atoms with E-state index in [0.29, 0.717) is 0 Å². The standard InChI is InChI=1S/C16H12F5NO2/c1-24-15-12(17)6-10(7-13(15)18)5-11(23)4-9-2-3-14(22-8-9)16(19,20)21/h2-3,6-8H,4-5H2,1H3. The molecule has 128 valence electrons. The summed E-state index contributed by atoms with van der Waals surface area (Å²) in [5.74, 6) is -2.83. The maximum atomic E-state index is 13.6. The van der Waals surface area contributed by atoms with Gasteiger partial charge in [0.2, 0.25) is 0 Å². The summed E-state index contributed by atoms with van der Waals surface area (Å²) in [6, 6.07) is 3.87. The minimum absolute atomic E-state index is 0.107. The summed E-state index contributed by atoms with van der Waals surface area (Å²) in [5.41, 5.74) is -0.670. The molecule has 0 aliphatic heterocycles. The molecule has 0 unspecified atom stereocenters. The second kappa shape index (κ2) is 6.94. The molecular weight excluding hydrogens is 333 g/mol. The zero-order chi connectivity index (χ0) is 17.9. The summed E-state index contributed by atoms with van der Waals surface area (Å²) in [5, 5.41) is 0. The quantitative estimate of drug-likeness (QED) is 0.775. The number of hydrogen-bond acceptors (Lipinski definition) is 3. The van der Waals surface area contributed by atoms with Crippen LogP contribution in [0.4, 0.5) is 22.0 Å². The number of hydrogen-bond donors (Lipinski definition) is 0. The van der Waals surface area contributed by atoms with E-state index in [1.54, 1.807) is 0 Å². The Labute approximate surface area is 134 Å². The van der Waals surface area contributed by atoms with Crippen molar-refractivity contribution in [2.24, 2.45) is 0 Å². The van der Waals surface area contributed by atoms with E-state index < -0.39 is 35.0 Å². The van der Waals surface area contributed by atoms with Gasteiger partial charge in [-0.15, -0.1) is 0 Å². The molecule has 0 amide bonds. The number of carbonyl (C=O) groups is 1. The average molecular weight is 345 g/mol. The van der Waals surface area contributed by atoms with E-state index >= 15 is 0 Å². The van der Waals surface area contributed by atoms with E-state index in [4.69, 9.17) is 0 Å². The first kappa shape index (κ1) is 17.8. The van der Waals surface area contributed by atoms with Gasteiger partial charge in [0.05, 0.1) is 7.11 Å². The molecule has 2 rings (SSSR count). The van der Waals surface area contributed by atoms with Crippen molar-refractivity contribution in [3.63, 3.8) is 0 Å². The lowest BCUT2D eigenvalue weighted by molar-refractivity contribution is -0.141. The van der Waals surface area contributed by atoms with Gasteiger partial charge in [0.1, 0.15) is 11.5 Å². The fourth-order valence-corrected chi connectivity index (χ4v) is 2.12. The molecule has 1 aromatic carbocycles. The summed E-state index contributed by atoms with van der Waals surface area (Å²) >= 11 is 0. The molecule has 0 fully saturated rings. The Balaban J connectivity index is 2.06. The highest BCUT2D eigenvalue weighted by Gasteiger charge is 2.32. The van der Waals surface area contributed by atoms with E-state index in [-0.39, 0.29) is 24.0 Å². The summed E-state index contributed by atoms with van der Waals surface area (Å²) in [6.07, 6.45) is -4.06. The third kappa shape index (κ3) is 4.27. The first-order chi connectivity index (χ1) is 11.2. The van der Waals surface area contributed by atoms with Gasteiger partial charge in [-0.25, -0.2) is 8.78 Å². The van der Waals surface area contributed by atoms with Gasteiger partial charge in [-0.1, -0.05) is 6.07 Å². The van der Waals surface area contributed by atoms with E-state index in [1.165, 1.54) is 0 Å². The van der Waals surface area contributed by atoms with Crippen molar-refractivity contribution in [3.05, 3.63) is 58.9 Å². The van der Waals surface area contributed by atoms with Crippen molar-refractivity contribution in [3.8, 4) is 5.75 Å². The SMILES string of the molecule is COc1c(F)cc(CC(=O)Cc2ccc(C(F)(F)F)nc2)cc1F. The molecule has 3 nitrogen and oxygen atoms in total. The second-order valence-electron chi connectivity index (χ2n) is 5.03. The molecular formula is C16H12F5NO2. The first-order valence-electron chi connectivity index (χ1n) is 6.76. The molecule has 0 aliphatic carbocycles. The van der Waals surface area contributed by atoms with Crippen molar-refractivity contribution < 1.29 is 31.5 Å². The highest BCUT2D eigenvalue weighted by atomic mass is 19.4. The minimum Gasteiger partial charge on any atom is -0.491 e. The molecule has 0 radical (unpaired) electrons. The Morgan fingerprint density at radius 2 is 1.67 bits per heavy atom. The van der Waals surface area contributed by atoms with Crippen LogP contribution in [0.1, 0.15) is 16.8 Å². The van der Waals surface area contributed by atoms with Crippen LogP contribution < -0.4 is 4.74 Å². The van der Waals surface area contributed by atoms with Gasteiger partial charge in [0.25, 0.3) is 0 Å². The maximum absolute atomic E-state index is 13.6. The molecule has 8 heteroatoms. The van der Waals surface area contributed by atoms with Crippen LogP contribution in [0, 0.1) is 11.6 Å². The highest BCUT2D eigenvalue weighted by Crippen LogP contribution is 2.27. The lowest BCUT2D eigenvalue weighted by Crippen LogP contribution is -2.10. The number of ether oxygens (including phenoxy) is 1. The van der Waals surface area contributed by atoms with Crippen molar-refractivity contribution in [2.45, 2.75) is 19.0 Å². The predicted molar refractivity (Wildman–Crippen MR) is 74.6 cm³/mol. The monoisotopic (exact) mass is 345 g/mol. The number of alkyl halides is 3. The Kier molecular flexibility index (Phi) is 5.16. The van der Waals surface area contributed by atoms with E-state index in [2.05, 4.69) is 9.72 Å². The summed E-state index contributed by atoms with van der Waals surface area (Å²) in [4.78, 5) is 15.2. The normalized spacial score (nSPS) is 11.4. The number of nitrogens with zero attached hydrogens (tertiary/aromatic N) is 1. The van der Waals surface area contributed by atoms with Crippen LogP contribution in [-0.4, -0.2) is 17.9 Å². The number of aromatic nitrogens is 1. The Morgan fingerprint density at radius 1 is 1.08 bits per heavy atom. The lowest BCUT2D eigenvalue weighted by atomic mass is 10.0. The van der Waals surface area contributed by atoms with Gasteiger partial charge in [-0.2, -0.15) is 13.2 Å². The molecule has 1 heterocycles. The van der Waals surface area contributed by atoms with Crippen LogP contribution in [0.2, 0.25) is 0 Å². The van der Waals surface area contributed by atoms with Gasteiger partial charge >= 0.3 is 6.18 Å². The number of ketones is 1. The number of carbonyl (C=O) groups excluding carboxylic acids is 1. The maximum Gasteiger partial charge on any atom is 0.433 e. The van der Waals surface area contributed by atoms with Crippen molar-refractivity contribution in [1.29, 1.82) is 0 Å².